The van der Waals surface area contributed by atoms with Gasteiger partial charge in [-0.15, -0.1) is 0 Å². The summed E-state index contributed by atoms with van der Waals surface area (Å²) in [5, 5.41) is 22.1. The second-order valence-electron chi connectivity index (χ2n) is 5.81. The van der Waals surface area contributed by atoms with Gasteiger partial charge in [0.1, 0.15) is 5.75 Å². The van der Waals surface area contributed by atoms with Crippen LogP contribution in [0.2, 0.25) is 0 Å². The molecule has 2 aromatic carbocycles. The third kappa shape index (κ3) is 3.86. The third-order valence-corrected chi connectivity index (χ3v) is 4.24. The molecule has 2 N–H and O–H groups in total. The molecule has 0 aliphatic rings. The Labute approximate surface area is 153 Å². The summed E-state index contributed by atoms with van der Waals surface area (Å²) >= 11 is 0. The van der Waals surface area contributed by atoms with Crippen LogP contribution in [0.1, 0.15) is 37.0 Å². The van der Waals surface area contributed by atoms with Gasteiger partial charge in [-0.2, -0.15) is 5.26 Å². The van der Waals surface area contributed by atoms with Crippen molar-refractivity contribution in [2.24, 2.45) is 0 Å². The van der Waals surface area contributed by atoms with E-state index in [9.17, 15) is 9.90 Å². The summed E-state index contributed by atoms with van der Waals surface area (Å²) in [6.45, 7) is 7.94. The largest absolute Gasteiger partial charge is 0.494 e. The monoisotopic (exact) mass is 350 g/mol. The zero-order chi connectivity index (χ0) is 19.2. The SMILES string of the molecule is C=Cc1cc(OCC)cc(C(CC)(Nc2ccc(C#N)cc2)C(=O)O)c1. The Hall–Kier alpha value is -3.26. The lowest BCUT2D eigenvalue weighted by atomic mass is 9.85. The molecular formula is C21H22N2O3. The van der Waals surface area contributed by atoms with Crippen molar-refractivity contribution in [3.8, 4) is 11.8 Å². The first kappa shape index (κ1) is 19.1. The van der Waals surface area contributed by atoms with Crippen LogP contribution in [-0.4, -0.2) is 17.7 Å². The Morgan fingerprint density at radius 1 is 1.31 bits per heavy atom. The molecule has 2 rings (SSSR count). The van der Waals surface area contributed by atoms with Gasteiger partial charge in [-0.3, -0.25) is 0 Å². The summed E-state index contributed by atoms with van der Waals surface area (Å²) in [5.41, 5.74) is 1.17. The maximum atomic E-state index is 12.3. The van der Waals surface area contributed by atoms with Crippen molar-refractivity contribution in [1.29, 1.82) is 5.26 Å². The quantitative estimate of drug-likeness (QED) is 0.737. The maximum absolute atomic E-state index is 12.3. The Bertz CT molecular complexity index is 837. The van der Waals surface area contributed by atoms with Gasteiger partial charge in [-0.05, 0) is 66.9 Å². The van der Waals surface area contributed by atoms with Gasteiger partial charge in [0.15, 0.2) is 5.54 Å². The normalized spacial score (nSPS) is 12.5. The Morgan fingerprint density at radius 2 is 2.00 bits per heavy atom. The van der Waals surface area contributed by atoms with Gasteiger partial charge >= 0.3 is 5.97 Å². The molecule has 0 radical (unpaired) electrons. The molecular weight excluding hydrogens is 328 g/mol. The lowest BCUT2D eigenvalue weighted by Crippen LogP contribution is -2.43. The number of ether oxygens (including phenoxy) is 1. The summed E-state index contributed by atoms with van der Waals surface area (Å²) in [5.74, 6) is -0.395. The van der Waals surface area contributed by atoms with Crippen molar-refractivity contribution in [3.05, 3.63) is 65.7 Å². The Balaban J connectivity index is 2.55. The highest BCUT2D eigenvalue weighted by atomic mass is 16.5. The summed E-state index contributed by atoms with van der Waals surface area (Å²) < 4.78 is 5.58. The zero-order valence-corrected chi connectivity index (χ0v) is 15.0. The summed E-state index contributed by atoms with van der Waals surface area (Å²) in [4.78, 5) is 12.3. The van der Waals surface area contributed by atoms with E-state index in [0.717, 1.165) is 5.56 Å². The summed E-state index contributed by atoms with van der Waals surface area (Å²) in [6.07, 6.45) is 1.98. The van der Waals surface area contributed by atoms with E-state index in [2.05, 4.69) is 18.0 Å². The molecule has 0 aliphatic carbocycles. The van der Waals surface area contributed by atoms with E-state index >= 15 is 0 Å². The minimum Gasteiger partial charge on any atom is -0.494 e. The number of nitrogens with one attached hydrogen (secondary N) is 1. The molecule has 0 amide bonds. The van der Waals surface area contributed by atoms with Crippen LogP contribution in [0.25, 0.3) is 6.08 Å². The van der Waals surface area contributed by atoms with Crippen molar-refractivity contribution in [2.45, 2.75) is 25.8 Å². The number of hydrogen-bond donors (Lipinski definition) is 2. The van der Waals surface area contributed by atoms with Gasteiger partial charge in [0.25, 0.3) is 0 Å². The lowest BCUT2D eigenvalue weighted by Gasteiger charge is -2.31. The molecule has 0 bridgehead atoms. The number of aliphatic carboxylic acids is 1. The lowest BCUT2D eigenvalue weighted by molar-refractivity contribution is -0.142. The molecule has 1 atom stereocenters. The minimum absolute atomic E-state index is 0.314. The molecule has 0 saturated heterocycles. The number of rotatable bonds is 8. The van der Waals surface area contributed by atoms with Gasteiger partial charge in [0.05, 0.1) is 18.2 Å². The Kier molecular flexibility index (Phi) is 6.03. The standard InChI is InChI=1S/C21H22N2O3/c1-4-15-11-17(13-19(12-15)26-6-3)21(5-2,20(24)25)23-18-9-7-16(14-22)8-10-18/h4,7-13,23H,1,5-6H2,2-3H3,(H,24,25). The molecule has 26 heavy (non-hydrogen) atoms. The third-order valence-electron chi connectivity index (χ3n) is 4.24. The van der Waals surface area contributed by atoms with Crippen molar-refractivity contribution in [2.75, 3.05) is 11.9 Å². The second-order valence-corrected chi connectivity index (χ2v) is 5.81. The fraction of sp³-hybridized carbons (Fsp3) is 0.238. The Morgan fingerprint density at radius 3 is 2.50 bits per heavy atom. The van der Waals surface area contributed by atoms with Crippen LogP contribution in [0, 0.1) is 11.3 Å². The smallest absolute Gasteiger partial charge is 0.334 e. The molecule has 2 aromatic rings. The van der Waals surface area contributed by atoms with Gasteiger partial charge < -0.3 is 15.2 Å². The van der Waals surface area contributed by atoms with E-state index in [1.807, 2.05) is 19.9 Å². The first-order valence-corrected chi connectivity index (χ1v) is 8.41. The van der Waals surface area contributed by atoms with Gasteiger partial charge in [0, 0.05) is 5.69 Å². The topological polar surface area (TPSA) is 82.3 Å². The van der Waals surface area contributed by atoms with E-state index in [0.29, 0.717) is 35.6 Å². The highest BCUT2D eigenvalue weighted by Crippen LogP contribution is 2.34. The molecule has 1 unspecified atom stereocenters. The van der Waals surface area contributed by atoms with E-state index in [4.69, 9.17) is 10.00 Å². The van der Waals surface area contributed by atoms with E-state index in [1.54, 1.807) is 42.5 Å². The number of nitrogens with zero attached hydrogens (tertiary/aromatic N) is 1. The number of carboxylic acids is 1. The fourth-order valence-electron chi connectivity index (χ4n) is 2.80. The molecule has 5 nitrogen and oxygen atoms in total. The van der Waals surface area contributed by atoms with Crippen molar-refractivity contribution in [1.82, 2.24) is 0 Å². The van der Waals surface area contributed by atoms with Crippen LogP contribution in [0.3, 0.4) is 0 Å². The van der Waals surface area contributed by atoms with Crippen LogP contribution < -0.4 is 10.1 Å². The molecule has 0 aliphatic heterocycles. The molecule has 0 heterocycles. The van der Waals surface area contributed by atoms with Gasteiger partial charge in [0.2, 0.25) is 0 Å². The van der Waals surface area contributed by atoms with E-state index in [1.165, 1.54) is 0 Å². The average Bonchev–Trinajstić information content (AvgIpc) is 2.66. The van der Waals surface area contributed by atoms with Gasteiger partial charge in [-0.1, -0.05) is 19.6 Å². The fourth-order valence-corrected chi connectivity index (χ4v) is 2.80. The highest BCUT2D eigenvalue weighted by Gasteiger charge is 2.39. The van der Waals surface area contributed by atoms with Crippen LogP contribution in [0.5, 0.6) is 5.75 Å². The molecule has 0 spiro atoms. The summed E-state index contributed by atoms with van der Waals surface area (Å²) in [6, 6.07) is 14.1. The number of carbonyl (C=O) groups is 1. The van der Waals surface area contributed by atoms with E-state index in [-0.39, 0.29) is 0 Å². The van der Waals surface area contributed by atoms with Crippen LogP contribution >= 0.6 is 0 Å². The summed E-state index contributed by atoms with van der Waals surface area (Å²) in [7, 11) is 0. The molecule has 5 heteroatoms. The second kappa shape index (κ2) is 8.21. The predicted molar refractivity (Wildman–Crippen MR) is 102 cm³/mol. The first-order valence-electron chi connectivity index (χ1n) is 8.41. The van der Waals surface area contributed by atoms with Crippen LogP contribution in [0.15, 0.2) is 49.0 Å². The van der Waals surface area contributed by atoms with E-state index < -0.39 is 11.5 Å². The van der Waals surface area contributed by atoms with Crippen molar-refractivity contribution >= 4 is 17.7 Å². The minimum atomic E-state index is -1.33. The van der Waals surface area contributed by atoms with Crippen LogP contribution in [-0.2, 0) is 10.3 Å². The number of nitriles is 1. The number of hydrogen-bond acceptors (Lipinski definition) is 4. The number of carboxylic acid groups (broad SMARTS) is 1. The van der Waals surface area contributed by atoms with Gasteiger partial charge in [-0.25, -0.2) is 4.79 Å². The van der Waals surface area contributed by atoms with Crippen LogP contribution in [0.4, 0.5) is 5.69 Å². The van der Waals surface area contributed by atoms with Crippen molar-refractivity contribution in [3.63, 3.8) is 0 Å². The molecule has 0 aromatic heterocycles. The predicted octanol–water partition coefficient (Wildman–Crippen LogP) is 4.40. The maximum Gasteiger partial charge on any atom is 0.334 e. The molecule has 0 saturated carbocycles. The number of anilines is 1. The van der Waals surface area contributed by atoms with Crippen molar-refractivity contribution < 1.29 is 14.6 Å². The molecule has 0 fully saturated rings. The number of benzene rings is 2. The zero-order valence-electron chi connectivity index (χ0n) is 15.0. The highest BCUT2D eigenvalue weighted by molar-refractivity contribution is 5.85. The molecule has 134 valence electrons. The average molecular weight is 350 g/mol. The first-order chi connectivity index (χ1) is 12.5.